The van der Waals surface area contributed by atoms with Crippen LogP contribution in [0.2, 0.25) is 0 Å². The van der Waals surface area contributed by atoms with Gasteiger partial charge in [-0.05, 0) is 59.3 Å². The summed E-state index contributed by atoms with van der Waals surface area (Å²) in [6.07, 6.45) is 0. The molecule has 0 heterocycles. The van der Waals surface area contributed by atoms with E-state index in [1.807, 2.05) is 0 Å². The summed E-state index contributed by atoms with van der Waals surface area (Å²) < 4.78 is 8.23. The predicted octanol–water partition coefficient (Wildman–Crippen LogP) is 8.14. The molecule has 32 heavy (non-hydrogen) atoms. The molecule has 0 aliphatic heterocycles. The third-order valence-electron chi connectivity index (χ3n) is 2.66. The molecule has 0 aliphatic rings. The Kier molecular flexibility index (Phi) is 28.3. The number of carbonyl (C=O) groups excluding carboxylic acids is 2. The van der Waals surface area contributed by atoms with Gasteiger partial charge in [-0.25, -0.2) is 10.5 Å². The fourth-order valence-corrected chi connectivity index (χ4v) is 2.47. The molecule has 8 nitrogen and oxygen atoms in total. The van der Waals surface area contributed by atoms with Crippen LogP contribution in [0.5, 0.6) is 0 Å². The molecule has 1 radical (unpaired) electrons. The number of hydrogen-bond acceptors (Lipinski definition) is 10. The number of carbonyl (C=O) groups is 2. The first-order valence-electron chi connectivity index (χ1n) is 7.08. The average molecular weight is 828 g/mol. The van der Waals surface area contributed by atoms with Crippen molar-refractivity contribution in [2.24, 2.45) is 0 Å². The second kappa shape index (κ2) is 24.0. The molecule has 0 unspecified atom stereocenters. The van der Waals surface area contributed by atoms with Crippen LogP contribution in [0.4, 0.5) is 0 Å². The standard InChI is InChI=1S/C8H8O4S.C7H5BrO4S.CH4.3BrH.Fe.V/c1-6(9)7-2-4-8(5-3-7)13-12-11-10;8-7(9)5-1-3-6(4-2-5)13-12-11-10;;;;;;/h2-5,10H,1H3;1-4,10H;1H4;3*1H;;/q;;;;;;+3;/p-3. The summed E-state index contributed by atoms with van der Waals surface area (Å²) in [6.45, 7) is 1.50. The number of halogens is 4. The molecule has 0 fully saturated rings. The minimum Gasteiger partial charge on any atom is 0 e. The molecule has 2 aromatic rings. The Hall–Kier alpha value is 1.26. The molecule has 182 valence electrons. The van der Waals surface area contributed by atoms with Crippen molar-refractivity contribution in [3.8, 4) is 0 Å². The summed E-state index contributed by atoms with van der Waals surface area (Å²) in [6, 6.07) is 13.3. The first kappa shape index (κ1) is 37.8. The van der Waals surface area contributed by atoms with Crippen LogP contribution in [-0.4, -0.2) is 21.0 Å². The van der Waals surface area contributed by atoms with Gasteiger partial charge in [-0.3, -0.25) is 9.59 Å². The molecule has 0 atom stereocenters. The molecule has 0 aliphatic carbocycles. The molecule has 0 saturated carbocycles. The van der Waals surface area contributed by atoms with E-state index < -0.39 is 0 Å². The van der Waals surface area contributed by atoms with E-state index in [9.17, 15) is 9.59 Å². The van der Waals surface area contributed by atoms with Crippen LogP contribution in [0.1, 0.15) is 35.1 Å². The number of rotatable bonds is 8. The van der Waals surface area contributed by atoms with Crippen molar-refractivity contribution in [3.05, 3.63) is 59.7 Å². The summed E-state index contributed by atoms with van der Waals surface area (Å²) in [5.74, 6) is 0.0101. The van der Waals surface area contributed by atoms with Crippen LogP contribution >= 0.6 is 82.3 Å². The summed E-state index contributed by atoms with van der Waals surface area (Å²) in [7, 11) is -0.312. The van der Waals surface area contributed by atoms with Crippen LogP contribution in [0.15, 0.2) is 58.3 Å². The molecule has 2 aromatic carbocycles. The number of Topliss-reactive ketones (excluding diaryl/α,β-unsaturated/α-hetero) is 1. The van der Waals surface area contributed by atoms with Crippen LogP contribution in [0.3, 0.4) is 0 Å². The summed E-state index contributed by atoms with van der Waals surface area (Å²) in [4.78, 5) is 23.1. The van der Waals surface area contributed by atoms with Gasteiger partial charge in [0.15, 0.2) is 5.78 Å². The van der Waals surface area contributed by atoms with E-state index in [0.717, 1.165) is 29.0 Å². The maximum Gasteiger partial charge on any atom is 0 e. The molecular formula is C16H17Br4FeO8S2V. The van der Waals surface area contributed by atoms with Crippen molar-refractivity contribution in [1.82, 2.24) is 0 Å². The van der Waals surface area contributed by atoms with Crippen molar-refractivity contribution in [2.45, 2.75) is 24.1 Å². The Balaban J connectivity index is -0.000000428. The van der Waals surface area contributed by atoms with Gasteiger partial charge in [0, 0.05) is 39.5 Å². The summed E-state index contributed by atoms with van der Waals surface area (Å²) in [5, 5.41) is 22.6. The smallest absolute Gasteiger partial charge is 0 e. The van der Waals surface area contributed by atoms with Gasteiger partial charge in [0.1, 0.15) is 0 Å². The zero-order valence-corrected chi connectivity index (χ0v) is 25.6. The van der Waals surface area contributed by atoms with Crippen molar-refractivity contribution < 1.29 is 65.9 Å². The van der Waals surface area contributed by atoms with E-state index in [1.54, 1.807) is 48.5 Å². The minimum atomic E-state index is -0.312. The van der Waals surface area contributed by atoms with Crippen LogP contribution in [0, 0.1) is 0 Å². The normalized spacial score (nSPS) is 9.53. The summed E-state index contributed by atoms with van der Waals surface area (Å²) >= 11 is 14.1. The maximum absolute atomic E-state index is 10.9. The van der Waals surface area contributed by atoms with Gasteiger partial charge in [0.2, 0.25) is 4.69 Å². The van der Waals surface area contributed by atoms with Crippen LogP contribution in [0.25, 0.3) is 0 Å². The van der Waals surface area contributed by atoms with Gasteiger partial charge >= 0.3 is 50.8 Å². The Morgan fingerprint density at radius 3 is 1.38 bits per heavy atom. The first-order valence-corrected chi connectivity index (χ1v) is 17.5. The zero-order chi connectivity index (χ0) is 22.9. The van der Waals surface area contributed by atoms with Gasteiger partial charge in [-0.1, -0.05) is 29.6 Å². The monoisotopic (exact) mass is 824 g/mol. The van der Waals surface area contributed by atoms with E-state index >= 15 is 0 Å². The van der Waals surface area contributed by atoms with E-state index in [4.69, 9.17) is 10.5 Å². The van der Waals surface area contributed by atoms with Crippen LogP contribution in [-0.2, 0) is 45.8 Å². The van der Waals surface area contributed by atoms with E-state index in [-0.39, 0.29) is 44.9 Å². The largest absolute Gasteiger partial charge is 0 e. The van der Waals surface area contributed by atoms with Gasteiger partial charge < -0.3 is 0 Å². The van der Waals surface area contributed by atoms with Crippen LogP contribution < -0.4 is 0 Å². The number of hydrogen-bond donors (Lipinski definition) is 2. The molecule has 0 amide bonds. The molecular weight excluding hydrogens is 811 g/mol. The molecule has 0 bridgehead atoms. The zero-order valence-electron chi connectivity index (χ0n) is 15.1. The first-order chi connectivity index (χ1) is 14.2. The molecule has 2 N–H and O–H groups in total. The molecule has 0 saturated heterocycles. The molecule has 0 spiro atoms. The topological polar surface area (TPSA) is 112 Å². The van der Waals surface area contributed by atoms with Gasteiger partial charge in [-0.2, -0.15) is 0 Å². The Labute approximate surface area is 240 Å². The Bertz CT molecular complexity index is 696. The summed E-state index contributed by atoms with van der Waals surface area (Å²) in [5.41, 5.74) is 1.18. The van der Waals surface area contributed by atoms with Gasteiger partial charge in [0.25, 0.3) is 0 Å². The fourth-order valence-electron chi connectivity index (χ4n) is 1.50. The second-order valence-electron chi connectivity index (χ2n) is 4.48. The maximum atomic E-state index is 10.9. The van der Waals surface area contributed by atoms with E-state index in [1.165, 1.54) is 6.92 Å². The SMILES string of the molecule is C.CC(=O)c1ccc(SOOO)cc1.O=C(Br)c1ccc(SOOO)cc1.[Br][Fe]([Br])[Br].[V]. The quantitative estimate of drug-likeness (QED) is 0.0676. The van der Waals surface area contributed by atoms with Crippen molar-refractivity contribution in [1.29, 1.82) is 0 Å². The third-order valence-corrected chi connectivity index (χ3v) is 4.31. The minimum absolute atomic E-state index is 0. The van der Waals surface area contributed by atoms with Gasteiger partial charge in [-0.15, -0.1) is 8.67 Å². The van der Waals surface area contributed by atoms with Crippen molar-refractivity contribution in [3.63, 3.8) is 0 Å². The van der Waals surface area contributed by atoms with E-state index in [0.29, 0.717) is 16.0 Å². The third kappa shape index (κ3) is 20.6. The van der Waals surface area contributed by atoms with Crippen molar-refractivity contribution in [2.75, 3.05) is 0 Å². The molecule has 16 heteroatoms. The second-order valence-corrected chi connectivity index (χ2v) is 23.5. The van der Waals surface area contributed by atoms with E-state index in [2.05, 4.69) is 77.0 Å². The number of benzene rings is 2. The van der Waals surface area contributed by atoms with Crippen molar-refractivity contribution >= 4 is 92.8 Å². The predicted molar refractivity (Wildman–Crippen MR) is 131 cm³/mol. The molecule has 2 rings (SSSR count). The van der Waals surface area contributed by atoms with Gasteiger partial charge in [0.05, 0.1) is 24.1 Å². The Morgan fingerprint density at radius 2 is 1.12 bits per heavy atom. The molecule has 0 aromatic heterocycles. The fraction of sp³-hybridized carbons (Fsp3) is 0.125. The average Bonchev–Trinajstić information content (AvgIpc) is 2.71. The number of ketones is 1. The Morgan fingerprint density at radius 1 is 0.812 bits per heavy atom.